The molecule has 106 valence electrons. The number of benzene rings is 2. The van der Waals surface area contributed by atoms with Gasteiger partial charge in [0.25, 0.3) is 5.69 Å². The lowest BCUT2D eigenvalue weighted by molar-refractivity contribution is -0.384. The van der Waals surface area contributed by atoms with Gasteiger partial charge in [0.1, 0.15) is 5.75 Å². The first-order valence-electron chi connectivity index (χ1n) is 6.49. The predicted octanol–water partition coefficient (Wildman–Crippen LogP) is 3.76. The maximum atomic E-state index is 11.0. The largest absolute Gasteiger partial charge is 0.496 e. The number of aromatic nitrogens is 1. The van der Waals surface area contributed by atoms with Crippen LogP contribution in [0.25, 0.3) is 22.2 Å². The topological polar surface area (TPSA) is 57.3 Å². The number of nitro groups is 1. The molecule has 0 radical (unpaired) electrons. The van der Waals surface area contributed by atoms with Crippen LogP contribution >= 0.6 is 0 Å². The van der Waals surface area contributed by atoms with E-state index >= 15 is 0 Å². The molecule has 0 aliphatic carbocycles. The molecule has 0 bridgehead atoms. The van der Waals surface area contributed by atoms with Gasteiger partial charge in [-0.2, -0.15) is 0 Å². The van der Waals surface area contributed by atoms with Gasteiger partial charge in [-0.05, 0) is 11.6 Å². The first kappa shape index (κ1) is 13.2. The third kappa shape index (κ3) is 2.12. The van der Waals surface area contributed by atoms with E-state index in [0.717, 1.165) is 22.2 Å². The quantitative estimate of drug-likeness (QED) is 0.543. The molecular weight excluding hydrogens is 268 g/mol. The van der Waals surface area contributed by atoms with Crippen molar-refractivity contribution in [3.63, 3.8) is 0 Å². The van der Waals surface area contributed by atoms with Crippen molar-refractivity contribution in [2.24, 2.45) is 7.05 Å². The van der Waals surface area contributed by atoms with Crippen molar-refractivity contribution >= 4 is 16.6 Å². The van der Waals surface area contributed by atoms with Crippen LogP contribution in [0.4, 0.5) is 5.69 Å². The summed E-state index contributed by atoms with van der Waals surface area (Å²) in [7, 11) is 3.42. The Morgan fingerprint density at radius 3 is 2.48 bits per heavy atom. The lowest BCUT2D eigenvalue weighted by atomic mass is 10.1. The lowest BCUT2D eigenvalue weighted by Crippen LogP contribution is -1.94. The molecule has 3 aromatic rings. The van der Waals surface area contributed by atoms with Crippen LogP contribution in [-0.2, 0) is 7.05 Å². The molecule has 0 fully saturated rings. The molecule has 21 heavy (non-hydrogen) atoms. The van der Waals surface area contributed by atoms with E-state index in [9.17, 15) is 10.1 Å². The van der Waals surface area contributed by atoms with Crippen molar-refractivity contribution in [3.05, 3.63) is 58.6 Å². The number of rotatable bonds is 3. The Bertz CT molecular complexity index is 822. The Hall–Kier alpha value is -2.82. The van der Waals surface area contributed by atoms with Gasteiger partial charge in [-0.25, -0.2) is 0 Å². The van der Waals surface area contributed by atoms with E-state index in [1.165, 1.54) is 13.2 Å². The van der Waals surface area contributed by atoms with Crippen LogP contribution < -0.4 is 4.74 Å². The van der Waals surface area contributed by atoms with Crippen molar-refractivity contribution in [1.82, 2.24) is 4.57 Å². The number of nitro benzene ring substituents is 1. The minimum absolute atomic E-state index is 0.0279. The molecule has 0 aliphatic rings. The maximum Gasteiger partial charge on any atom is 0.275 e. The highest BCUT2D eigenvalue weighted by Crippen LogP contribution is 2.36. The Labute approximate surface area is 121 Å². The highest BCUT2D eigenvalue weighted by molar-refractivity contribution is 5.93. The van der Waals surface area contributed by atoms with E-state index < -0.39 is 4.92 Å². The second kappa shape index (κ2) is 4.94. The second-order valence-electron chi connectivity index (χ2n) is 4.79. The zero-order valence-electron chi connectivity index (χ0n) is 11.7. The SMILES string of the molecule is COc1cc([N+](=O)[O-])cc2c1cc(-c1ccccc1)n2C. The Kier molecular flexibility index (Phi) is 3.10. The number of aryl methyl sites for hydroxylation is 1. The molecule has 0 unspecified atom stereocenters. The maximum absolute atomic E-state index is 11.0. The molecule has 3 rings (SSSR count). The fraction of sp³-hybridized carbons (Fsp3) is 0.125. The summed E-state index contributed by atoms with van der Waals surface area (Å²) in [5, 5.41) is 11.9. The summed E-state index contributed by atoms with van der Waals surface area (Å²) in [4.78, 5) is 10.6. The molecule has 2 aromatic carbocycles. The van der Waals surface area contributed by atoms with E-state index in [-0.39, 0.29) is 5.69 Å². The minimum Gasteiger partial charge on any atom is -0.496 e. The zero-order chi connectivity index (χ0) is 15.0. The fourth-order valence-corrected chi connectivity index (χ4v) is 2.54. The van der Waals surface area contributed by atoms with Crippen LogP contribution in [0.2, 0.25) is 0 Å². The van der Waals surface area contributed by atoms with Crippen molar-refractivity contribution < 1.29 is 9.66 Å². The summed E-state index contributed by atoms with van der Waals surface area (Å²) in [5.41, 5.74) is 2.85. The van der Waals surface area contributed by atoms with Gasteiger partial charge in [0, 0.05) is 24.2 Å². The normalized spacial score (nSPS) is 10.8. The Balaban J connectivity index is 2.31. The first-order valence-corrected chi connectivity index (χ1v) is 6.49. The number of hydrogen-bond acceptors (Lipinski definition) is 3. The summed E-state index contributed by atoms with van der Waals surface area (Å²) < 4.78 is 7.25. The van der Waals surface area contributed by atoms with Gasteiger partial charge in [0.15, 0.2) is 0 Å². The number of methoxy groups -OCH3 is 1. The minimum atomic E-state index is -0.406. The predicted molar refractivity (Wildman–Crippen MR) is 81.6 cm³/mol. The molecule has 0 aliphatic heterocycles. The molecule has 1 heterocycles. The summed E-state index contributed by atoms with van der Waals surface area (Å²) in [5.74, 6) is 0.511. The molecule has 0 atom stereocenters. The van der Waals surface area contributed by atoms with Gasteiger partial charge in [0.2, 0.25) is 0 Å². The molecular formula is C16H14N2O3. The number of non-ortho nitro benzene ring substituents is 1. The molecule has 0 amide bonds. The molecule has 1 aromatic heterocycles. The van der Waals surface area contributed by atoms with Gasteiger partial charge in [-0.15, -0.1) is 0 Å². The van der Waals surface area contributed by atoms with Crippen LogP contribution in [0.3, 0.4) is 0 Å². The molecule has 0 saturated heterocycles. The van der Waals surface area contributed by atoms with Crippen molar-refractivity contribution in [1.29, 1.82) is 0 Å². The molecule has 0 spiro atoms. The number of nitrogens with zero attached hydrogens (tertiary/aromatic N) is 2. The van der Waals surface area contributed by atoms with Gasteiger partial charge in [-0.3, -0.25) is 10.1 Å². The van der Waals surface area contributed by atoms with Crippen LogP contribution in [-0.4, -0.2) is 16.6 Å². The van der Waals surface area contributed by atoms with Crippen LogP contribution in [0.15, 0.2) is 48.5 Å². The second-order valence-corrected chi connectivity index (χ2v) is 4.79. The van der Waals surface area contributed by atoms with Crippen molar-refractivity contribution in [3.8, 4) is 17.0 Å². The summed E-state index contributed by atoms with van der Waals surface area (Å²) in [6.45, 7) is 0. The third-order valence-electron chi connectivity index (χ3n) is 3.61. The monoisotopic (exact) mass is 282 g/mol. The number of ether oxygens (including phenoxy) is 1. The highest BCUT2D eigenvalue weighted by atomic mass is 16.6. The van der Waals surface area contributed by atoms with Gasteiger partial charge in [0.05, 0.1) is 23.6 Å². The van der Waals surface area contributed by atoms with Gasteiger partial charge >= 0.3 is 0 Å². The average Bonchev–Trinajstić information content (AvgIpc) is 2.84. The van der Waals surface area contributed by atoms with E-state index in [4.69, 9.17) is 4.74 Å². The Morgan fingerprint density at radius 1 is 1.14 bits per heavy atom. The molecule has 0 N–H and O–H groups in total. The number of hydrogen-bond donors (Lipinski definition) is 0. The average molecular weight is 282 g/mol. The fourth-order valence-electron chi connectivity index (χ4n) is 2.54. The zero-order valence-corrected chi connectivity index (χ0v) is 11.7. The van der Waals surface area contributed by atoms with Crippen molar-refractivity contribution in [2.75, 3.05) is 7.11 Å². The molecule has 5 nitrogen and oxygen atoms in total. The summed E-state index contributed by atoms with van der Waals surface area (Å²) in [6, 6.07) is 14.9. The van der Waals surface area contributed by atoms with Crippen LogP contribution in [0.1, 0.15) is 0 Å². The van der Waals surface area contributed by atoms with Gasteiger partial charge in [-0.1, -0.05) is 30.3 Å². The summed E-state index contributed by atoms with van der Waals surface area (Å²) in [6.07, 6.45) is 0. The van der Waals surface area contributed by atoms with Crippen LogP contribution in [0.5, 0.6) is 5.75 Å². The Morgan fingerprint density at radius 2 is 1.86 bits per heavy atom. The van der Waals surface area contributed by atoms with E-state index in [1.54, 1.807) is 6.07 Å². The third-order valence-corrected chi connectivity index (χ3v) is 3.61. The first-order chi connectivity index (χ1) is 10.1. The van der Waals surface area contributed by atoms with E-state index in [2.05, 4.69) is 0 Å². The van der Waals surface area contributed by atoms with Crippen molar-refractivity contribution in [2.45, 2.75) is 0 Å². The summed E-state index contributed by atoms with van der Waals surface area (Å²) >= 11 is 0. The van der Waals surface area contributed by atoms with E-state index in [0.29, 0.717) is 5.75 Å². The molecule has 5 heteroatoms. The number of fused-ring (bicyclic) bond motifs is 1. The van der Waals surface area contributed by atoms with Crippen LogP contribution in [0, 0.1) is 10.1 Å². The van der Waals surface area contributed by atoms with Gasteiger partial charge < -0.3 is 9.30 Å². The standard InChI is InChI=1S/C16H14N2O3/c1-17-14(11-6-4-3-5-7-11)10-13-15(17)8-12(18(19)20)9-16(13)21-2/h3-10H,1-2H3. The highest BCUT2D eigenvalue weighted by Gasteiger charge is 2.17. The van der Waals surface area contributed by atoms with E-state index in [1.807, 2.05) is 48.0 Å². The lowest BCUT2D eigenvalue weighted by Gasteiger charge is -2.05. The molecule has 0 saturated carbocycles. The smallest absolute Gasteiger partial charge is 0.275 e.